The van der Waals surface area contributed by atoms with Crippen molar-refractivity contribution in [3.8, 4) is 5.75 Å². The van der Waals surface area contributed by atoms with Crippen LogP contribution in [0.5, 0.6) is 5.75 Å². The molecule has 0 aliphatic heterocycles. The molecule has 0 heterocycles. The number of halogens is 3. The number of carboxylic acid groups (broad SMARTS) is 1. The van der Waals surface area contributed by atoms with Gasteiger partial charge in [-0.3, -0.25) is 0 Å². The molecule has 0 radical (unpaired) electrons. The molecule has 0 atom stereocenters. The van der Waals surface area contributed by atoms with Gasteiger partial charge in [0.25, 0.3) is 0 Å². The van der Waals surface area contributed by atoms with Crippen LogP contribution in [0.25, 0.3) is 6.08 Å². The van der Waals surface area contributed by atoms with Crippen molar-refractivity contribution in [2.24, 2.45) is 0 Å². The first-order valence-corrected chi connectivity index (χ1v) is 5.39. The molecule has 17 heavy (non-hydrogen) atoms. The molecule has 0 amide bonds. The predicted molar refractivity (Wildman–Crippen MR) is 64.6 cm³/mol. The normalized spacial score (nSPS) is 10.8. The number of alkyl halides is 1. The molecule has 0 saturated carbocycles. The maximum atomic E-state index is 12.0. The largest absolute Gasteiger partial charge is 0.489 e. The Morgan fingerprint density at radius 1 is 1.47 bits per heavy atom. The Morgan fingerprint density at radius 3 is 2.76 bits per heavy atom. The van der Waals surface area contributed by atoms with E-state index < -0.39 is 12.6 Å². The van der Waals surface area contributed by atoms with Gasteiger partial charge in [0, 0.05) is 16.7 Å². The Morgan fingerprint density at radius 2 is 2.18 bits per heavy atom. The van der Waals surface area contributed by atoms with Crippen LogP contribution >= 0.6 is 23.2 Å². The molecule has 0 saturated heterocycles. The van der Waals surface area contributed by atoms with Gasteiger partial charge >= 0.3 is 5.97 Å². The average molecular weight is 279 g/mol. The quantitative estimate of drug-likeness (QED) is 0.840. The summed E-state index contributed by atoms with van der Waals surface area (Å²) in [7, 11) is 0. The summed E-state index contributed by atoms with van der Waals surface area (Å²) >= 11 is 11.6. The van der Waals surface area contributed by atoms with E-state index >= 15 is 0 Å². The van der Waals surface area contributed by atoms with Gasteiger partial charge in [-0.2, -0.15) is 0 Å². The summed E-state index contributed by atoms with van der Waals surface area (Å²) in [6.45, 7) is -0.823. The highest BCUT2D eigenvalue weighted by Gasteiger charge is 2.09. The van der Waals surface area contributed by atoms with Crippen LogP contribution in [-0.4, -0.2) is 24.4 Å². The first-order valence-electron chi connectivity index (χ1n) is 4.63. The lowest BCUT2D eigenvalue weighted by atomic mass is 10.2. The predicted octanol–water partition coefficient (Wildman–Crippen LogP) is 3.44. The highest BCUT2D eigenvalue weighted by atomic mass is 35.5. The van der Waals surface area contributed by atoms with Gasteiger partial charge in [0.15, 0.2) is 0 Å². The number of carboxylic acids is 1. The zero-order chi connectivity index (χ0) is 12.8. The number of hydrogen-bond acceptors (Lipinski definition) is 2. The third-order valence-electron chi connectivity index (χ3n) is 1.77. The first kappa shape index (κ1) is 13.8. The van der Waals surface area contributed by atoms with Crippen molar-refractivity contribution in [3.05, 3.63) is 33.8 Å². The second-order valence-corrected chi connectivity index (χ2v) is 3.86. The van der Waals surface area contributed by atoms with E-state index in [9.17, 15) is 9.18 Å². The van der Waals surface area contributed by atoms with Crippen molar-refractivity contribution in [2.75, 3.05) is 13.3 Å². The van der Waals surface area contributed by atoms with Crippen LogP contribution in [0.15, 0.2) is 18.2 Å². The van der Waals surface area contributed by atoms with Crippen LogP contribution in [0.3, 0.4) is 0 Å². The van der Waals surface area contributed by atoms with Crippen LogP contribution in [0.2, 0.25) is 10.0 Å². The molecule has 0 aromatic heterocycles. The zero-order valence-electron chi connectivity index (χ0n) is 8.62. The number of hydrogen-bond donors (Lipinski definition) is 1. The molecule has 0 aliphatic rings. The summed E-state index contributed by atoms with van der Waals surface area (Å²) in [6, 6.07) is 2.93. The zero-order valence-corrected chi connectivity index (χ0v) is 10.1. The van der Waals surface area contributed by atoms with E-state index in [1.54, 1.807) is 0 Å². The highest BCUT2D eigenvalue weighted by molar-refractivity contribution is 6.35. The highest BCUT2D eigenvalue weighted by Crippen LogP contribution is 2.33. The van der Waals surface area contributed by atoms with Gasteiger partial charge in [-0.25, -0.2) is 9.18 Å². The smallest absolute Gasteiger partial charge is 0.328 e. The molecule has 1 rings (SSSR count). The van der Waals surface area contributed by atoms with Gasteiger partial charge in [-0.05, 0) is 18.2 Å². The van der Waals surface area contributed by atoms with Gasteiger partial charge in [-0.1, -0.05) is 23.2 Å². The Hall–Kier alpha value is -1.26. The molecule has 1 aromatic carbocycles. The average Bonchev–Trinajstić information content (AvgIpc) is 2.24. The minimum Gasteiger partial charge on any atom is -0.489 e. The molecule has 1 aromatic rings. The Balaban J connectivity index is 3.10. The Labute approximate surface area is 107 Å². The number of aliphatic carboxylic acids is 1. The monoisotopic (exact) mass is 278 g/mol. The lowest BCUT2D eigenvalue weighted by Crippen LogP contribution is -2.01. The Kier molecular flexibility index (Phi) is 5.25. The van der Waals surface area contributed by atoms with Crippen molar-refractivity contribution in [3.63, 3.8) is 0 Å². The van der Waals surface area contributed by atoms with Crippen LogP contribution in [0.1, 0.15) is 5.56 Å². The summed E-state index contributed by atoms with van der Waals surface area (Å²) in [5.41, 5.74) is 0.387. The lowest BCUT2D eigenvalue weighted by molar-refractivity contribution is -0.131. The standard InChI is InChI=1S/C11H9Cl2FO3/c12-8-5-7(1-2-10(15)16)11(9(13)6-8)17-4-3-14/h1-2,5-6H,3-4H2,(H,15,16)/b2-1+. The fourth-order valence-electron chi connectivity index (χ4n) is 1.16. The second kappa shape index (κ2) is 6.47. The van der Waals surface area contributed by atoms with Crippen molar-refractivity contribution in [1.29, 1.82) is 0 Å². The van der Waals surface area contributed by atoms with Crippen molar-refractivity contribution in [1.82, 2.24) is 0 Å². The van der Waals surface area contributed by atoms with Crippen LogP contribution in [-0.2, 0) is 4.79 Å². The molecule has 0 fully saturated rings. The summed E-state index contributed by atoms with van der Waals surface area (Å²) in [6.07, 6.45) is 2.21. The van der Waals surface area contributed by atoms with Gasteiger partial charge in [0.1, 0.15) is 19.0 Å². The van der Waals surface area contributed by atoms with E-state index in [0.29, 0.717) is 10.6 Å². The van der Waals surface area contributed by atoms with Crippen molar-refractivity contribution >= 4 is 35.2 Å². The lowest BCUT2D eigenvalue weighted by Gasteiger charge is -2.10. The van der Waals surface area contributed by atoms with Crippen LogP contribution in [0, 0.1) is 0 Å². The molecule has 92 valence electrons. The van der Waals surface area contributed by atoms with E-state index in [4.69, 9.17) is 33.0 Å². The van der Waals surface area contributed by atoms with E-state index in [-0.39, 0.29) is 17.4 Å². The molecule has 6 heteroatoms. The molecular weight excluding hydrogens is 270 g/mol. The summed E-state index contributed by atoms with van der Waals surface area (Å²) in [4.78, 5) is 10.4. The third kappa shape index (κ3) is 4.24. The SMILES string of the molecule is O=C(O)/C=C/c1cc(Cl)cc(Cl)c1OCCF. The summed E-state index contributed by atoms with van der Waals surface area (Å²) < 4.78 is 17.1. The van der Waals surface area contributed by atoms with E-state index in [2.05, 4.69) is 0 Å². The molecule has 0 spiro atoms. The molecule has 1 N–H and O–H groups in total. The van der Waals surface area contributed by atoms with Crippen molar-refractivity contribution < 1.29 is 19.0 Å². The van der Waals surface area contributed by atoms with Gasteiger partial charge in [0.05, 0.1) is 5.02 Å². The fraction of sp³-hybridized carbons (Fsp3) is 0.182. The van der Waals surface area contributed by atoms with E-state index in [0.717, 1.165) is 6.08 Å². The van der Waals surface area contributed by atoms with Crippen molar-refractivity contribution in [2.45, 2.75) is 0 Å². The maximum Gasteiger partial charge on any atom is 0.328 e. The van der Waals surface area contributed by atoms with Gasteiger partial charge < -0.3 is 9.84 Å². The van der Waals surface area contributed by atoms with E-state index in [1.165, 1.54) is 18.2 Å². The minimum atomic E-state index is -1.11. The number of ether oxygens (including phenoxy) is 1. The molecule has 0 aliphatic carbocycles. The summed E-state index contributed by atoms with van der Waals surface area (Å²) in [5.74, 6) is -0.899. The summed E-state index contributed by atoms with van der Waals surface area (Å²) in [5, 5.41) is 9.07. The van der Waals surface area contributed by atoms with Crippen LogP contribution in [0.4, 0.5) is 4.39 Å². The van der Waals surface area contributed by atoms with Gasteiger partial charge in [0.2, 0.25) is 0 Å². The maximum absolute atomic E-state index is 12.0. The number of benzene rings is 1. The Bertz CT molecular complexity index is 447. The fourth-order valence-corrected chi connectivity index (χ4v) is 1.72. The van der Waals surface area contributed by atoms with Crippen LogP contribution < -0.4 is 4.74 Å². The van der Waals surface area contributed by atoms with E-state index in [1.807, 2.05) is 0 Å². The second-order valence-electron chi connectivity index (χ2n) is 3.01. The minimum absolute atomic E-state index is 0.157. The number of carbonyl (C=O) groups is 1. The first-order chi connectivity index (χ1) is 8.04. The van der Waals surface area contributed by atoms with Gasteiger partial charge in [-0.15, -0.1) is 0 Å². The molecular formula is C11H9Cl2FO3. The molecule has 0 bridgehead atoms. The topological polar surface area (TPSA) is 46.5 Å². The molecule has 0 unspecified atom stereocenters. The third-order valence-corrected chi connectivity index (χ3v) is 2.27. The molecule has 3 nitrogen and oxygen atoms in total. The number of rotatable bonds is 5.